The van der Waals surface area contributed by atoms with E-state index in [1.165, 1.54) is 23.5 Å². The molecule has 7 heteroatoms. The van der Waals surface area contributed by atoms with Crippen molar-refractivity contribution in [3.8, 4) is 5.75 Å². The van der Waals surface area contributed by atoms with Crippen LogP contribution in [0.3, 0.4) is 0 Å². The van der Waals surface area contributed by atoms with Gasteiger partial charge in [-0.05, 0) is 57.4 Å². The average molecular weight is 377 g/mol. The van der Waals surface area contributed by atoms with Gasteiger partial charge in [0.2, 0.25) is 0 Å². The molecule has 2 unspecified atom stereocenters. The Balaban J connectivity index is 1.70. The smallest absolute Gasteiger partial charge is 0.266 e. The Hall–Kier alpha value is -1.99. The number of carbonyl (C=O) groups is 1. The van der Waals surface area contributed by atoms with Crippen LogP contribution in [0.1, 0.15) is 46.6 Å². The molecule has 5 nitrogen and oxygen atoms in total. The van der Waals surface area contributed by atoms with Crippen LogP contribution in [-0.2, 0) is 6.61 Å². The fourth-order valence-corrected chi connectivity index (χ4v) is 4.21. The number of hydrogen-bond acceptors (Lipinski definition) is 5. The maximum atomic E-state index is 13.0. The number of amides is 1. The molecular formula is C19H24FN3O2S. The maximum Gasteiger partial charge on any atom is 0.266 e. The number of aryl methyl sites for hydroxylation is 1. The van der Waals surface area contributed by atoms with E-state index in [4.69, 9.17) is 10.5 Å². The molecule has 1 amide bonds. The first-order chi connectivity index (χ1) is 12.5. The van der Waals surface area contributed by atoms with Crippen LogP contribution in [0, 0.1) is 12.7 Å². The first-order valence-corrected chi connectivity index (χ1v) is 9.68. The third-order valence-electron chi connectivity index (χ3n) is 4.63. The number of benzene rings is 1. The Labute approximate surface area is 157 Å². The van der Waals surface area contributed by atoms with Crippen LogP contribution in [-0.4, -0.2) is 34.4 Å². The summed E-state index contributed by atoms with van der Waals surface area (Å²) in [5.74, 6) is 0.274. The van der Waals surface area contributed by atoms with Crippen molar-refractivity contribution in [3.05, 3.63) is 45.7 Å². The van der Waals surface area contributed by atoms with Crippen molar-refractivity contribution in [1.82, 2.24) is 9.88 Å². The molecule has 0 saturated carbocycles. The molecule has 3 rings (SSSR count). The summed E-state index contributed by atoms with van der Waals surface area (Å²) in [6.45, 7) is 4.79. The number of piperidine rings is 1. The van der Waals surface area contributed by atoms with Gasteiger partial charge >= 0.3 is 0 Å². The van der Waals surface area contributed by atoms with Crippen molar-refractivity contribution in [2.75, 3.05) is 6.54 Å². The molecule has 0 radical (unpaired) electrons. The largest absolute Gasteiger partial charge is 0.486 e. The van der Waals surface area contributed by atoms with Crippen LogP contribution in [0.2, 0.25) is 0 Å². The minimum Gasteiger partial charge on any atom is -0.486 e. The van der Waals surface area contributed by atoms with Crippen molar-refractivity contribution in [3.63, 3.8) is 0 Å². The van der Waals surface area contributed by atoms with Crippen molar-refractivity contribution < 1.29 is 13.9 Å². The number of hydrogen-bond donors (Lipinski definition) is 1. The number of aromatic nitrogens is 1. The van der Waals surface area contributed by atoms with E-state index in [2.05, 4.69) is 4.98 Å². The fourth-order valence-electron chi connectivity index (χ4n) is 3.27. The van der Waals surface area contributed by atoms with Crippen LogP contribution < -0.4 is 10.5 Å². The summed E-state index contributed by atoms with van der Waals surface area (Å²) in [5.41, 5.74) is 6.80. The molecular weight excluding hydrogens is 353 g/mol. The quantitative estimate of drug-likeness (QED) is 0.866. The number of nitrogens with zero attached hydrogens (tertiary/aromatic N) is 2. The number of halogens is 1. The van der Waals surface area contributed by atoms with E-state index in [9.17, 15) is 9.18 Å². The second-order valence-corrected chi connectivity index (χ2v) is 7.77. The lowest BCUT2D eigenvalue weighted by atomic mass is 9.96. The fraction of sp³-hybridized carbons (Fsp3) is 0.474. The van der Waals surface area contributed by atoms with Crippen LogP contribution in [0.15, 0.2) is 24.3 Å². The average Bonchev–Trinajstić information content (AvgIpc) is 3.01. The van der Waals surface area contributed by atoms with E-state index in [-0.39, 0.29) is 30.4 Å². The Bertz CT molecular complexity index is 761. The lowest BCUT2D eigenvalue weighted by Crippen LogP contribution is -2.51. The highest BCUT2D eigenvalue weighted by atomic mass is 32.1. The molecule has 0 aliphatic carbocycles. The summed E-state index contributed by atoms with van der Waals surface area (Å²) in [5, 5.41) is 0.726. The summed E-state index contributed by atoms with van der Waals surface area (Å²) < 4.78 is 18.6. The third kappa shape index (κ3) is 4.22. The number of ether oxygens (including phenoxy) is 1. The van der Waals surface area contributed by atoms with E-state index >= 15 is 0 Å². The molecule has 0 spiro atoms. The first kappa shape index (κ1) is 18.8. The Morgan fingerprint density at radius 1 is 1.42 bits per heavy atom. The number of likely N-dealkylation sites (tertiary alicyclic amines) is 1. The van der Waals surface area contributed by atoms with E-state index in [0.29, 0.717) is 16.3 Å². The summed E-state index contributed by atoms with van der Waals surface area (Å²) in [6.07, 6.45) is 3.06. The summed E-state index contributed by atoms with van der Waals surface area (Å²) >= 11 is 1.36. The highest BCUT2D eigenvalue weighted by Gasteiger charge is 2.31. The second-order valence-electron chi connectivity index (χ2n) is 6.69. The maximum absolute atomic E-state index is 13.0. The van der Waals surface area contributed by atoms with Crippen molar-refractivity contribution >= 4 is 17.2 Å². The molecule has 1 aromatic heterocycles. The van der Waals surface area contributed by atoms with Gasteiger partial charge in [0.15, 0.2) is 0 Å². The number of rotatable bonds is 5. The summed E-state index contributed by atoms with van der Waals surface area (Å²) in [6, 6.07) is 5.88. The van der Waals surface area contributed by atoms with Crippen molar-refractivity contribution in [2.45, 2.75) is 51.8 Å². The summed E-state index contributed by atoms with van der Waals surface area (Å²) in [7, 11) is 0. The van der Waals surface area contributed by atoms with E-state index < -0.39 is 0 Å². The van der Waals surface area contributed by atoms with Crippen LogP contribution in [0.5, 0.6) is 5.75 Å². The minimum absolute atomic E-state index is 0.00929. The SMILES string of the molecule is Cc1nc(COc2ccc(F)cc2)sc1C(=O)N1CCCCC1C(C)N. The lowest BCUT2D eigenvalue weighted by molar-refractivity contribution is 0.0588. The zero-order valence-corrected chi connectivity index (χ0v) is 15.9. The van der Waals surface area contributed by atoms with Gasteiger partial charge in [0, 0.05) is 18.6 Å². The van der Waals surface area contributed by atoms with Gasteiger partial charge in [-0.25, -0.2) is 9.37 Å². The molecule has 140 valence electrons. The van der Waals surface area contributed by atoms with Crippen molar-refractivity contribution in [2.24, 2.45) is 5.73 Å². The topological polar surface area (TPSA) is 68.5 Å². The highest BCUT2D eigenvalue weighted by Crippen LogP contribution is 2.26. The predicted molar refractivity (Wildman–Crippen MR) is 99.9 cm³/mol. The summed E-state index contributed by atoms with van der Waals surface area (Å²) in [4.78, 5) is 20.0. The molecule has 1 aromatic carbocycles. The van der Waals surface area contributed by atoms with E-state index in [1.54, 1.807) is 12.1 Å². The van der Waals surface area contributed by atoms with Crippen LogP contribution >= 0.6 is 11.3 Å². The molecule has 1 aliphatic rings. The van der Waals surface area contributed by atoms with Gasteiger partial charge in [-0.3, -0.25) is 4.79 Å². The molecule has 1 fully saturated rings. The van der Waals surface area contributed by atoms with Gasteiger partial charge in [0.05, 0.1) is 5.69 Å². The van der Waals surface area contributed by atoms with E-state index in [1.807, 2.05) is 18.7 Å². The molecule has 2 N–H and O–H groups in total. The predicted octanol–water partition coefficient (Wildman–Crippen LogP) is 3.51. The lowest BCUT2D eigenvalue weighted by Gasteiger charge is -2.37. The Morgan fingerprint density at radius 2 is 2.15 bits per heavy atom. The van der Waals surface area contributed by atoms with Gasteiger partial charge in [0.25, 0.3) is 5.91 Å². The van der Waals surface area contributed by atoms with Gasteiger partial charge in [-0.15, -0.1) is 11.3 Å². The molecule has 1 aliphatic heterocycles. The Kier molecular flexibility index (Phi) is 5.88. The van der Waals surface area contributed by atoms with Crippen LogP contribution in [0.4, 0.5) is 4.39 Å². The zero-order valence-electron chi connectivity index (χ0n) is 15.1. The first-order valence-electron chi connectivity index (χ1n) is 8.87. The zero-order chi connectivity index (χ0) is 18.7. The Morgan fingerprint density at radius 3 is 2.85 bits per heavy atom. The normalized spacial score (nSPS) is 18.6. The minimum atomic E-state index is -0.305. The van der Waals surface area contributed by atoms with E-state index in [0.717, 1.165) is 30.8 Å². The van der Waals surface area contributed by atoms with Crippen molar-refractivity contribution in [1.29, 1.82) is 0 Å². The molecule has 0 bridgehead atoms. The standard InChI is InChI=1S/C19H24FN3O2S/c1-12(21)16-5-3-4-10-23(16)19(24)18-13(2)22-17(26-18)11-25-15-8-6-14(20)7-9-15/h6-9,12,16H,3-5,10-11,21H2,1-2H3. The van der Waals surface area contributed by atoms with Crippen LogP contribution in [0.25, 0.3) is 0 Å². The molecule has 26 heavy (non-hydrogen) atoms. The van der Waals surface area contributed by atoms with Gasteiger partial charge in [-0.2, -0.15) is 0 Å². The monoisotopic (exact) mass is 377 g/mol. The second kappa shape index (κ2) is 8.14. The third-order valence-corrected chi connectivity index (χ3v) is 5.75. The molecule has 1 saturated heterocycles. The van der Waals surface area contributed by atoms with Gasteiger partial charge in [0.1, 0.15) is 28.1 Å². The van der Waals surface area contributed by atoms with Gasteiger partial charge in [-0.1, -0.05) is 0 Å². The molecule has 2 atom stereocenters. The molecule has 2 heterocycles. The number of thiazole rings is 1. The highest BCUT2D eigenvalue weighted by molar-refractivity contribution is 7.13. The number of carbonyl (C=O) groups excluding carboxylic acids is 1. The molecule has 2 aromatic rings. The number of nitrogens with two attached hydrogens (primary N) is 1. The van der Waals surface area contributed by atoms with Gasteiger partial charge < -0.3 is 15.4 Å².